The van der Waals surface area contributed by atoms with E-state index >= 15 is 0 Å². The second kappa shape index (κ2) is 5.57. The lowest BCUT2D eigenvalue weighted by atomic mass is 9.85. The molecule has 4 heteroatoms. The van der Waals surface area contributed by atoms with Gasteiger partial charge in [-0.05, 0) is 48.0 Å². The van der Waals surface area contributed by atoms with E-state index in [-0.39, 0.29) is 5.92 Å². The molecule has 0 bridgehead atoms. The highest BCUT2D eigenvalue weighted by Crippen LogP contribution is 2.38. The molecule has 1 nitrogen and oxygen atoms in total. The first kappa shape index (κ1) is 14.2. The summed E-state index contributed by atoms with van der Waals surface area (Å²) in [6.07, 6.45) is 0. The van der Waals surface area contributed by atoms with Crippen LogP contribution in [0.25, 0.3) is 0 Å². The van der Waals surface area contributed by atoms with Crippen LogP contribution in [0.4, 0.5) is 0 Å². The molecule has 1 atom stereocenters. The van der Waals surface area contributed by atoms with Crippen molar-refractivity contribution >= 4 is 34.8 Å². The summed E-state index contributed by atoms with van der Waals surface area (Å²) in [4.78, 5) is 2.27. The van der Waals surface area contributed by atoms with E-state index in [1.165, 1.54) is 11.1 Å². The fraction of sp³-hybridized carbons (Fsp3) is 0.250. The Morgan fingerprint density at radius 1 is 1.05 bits per heavy atom. The highest BCUT2D eigenvalue weighted by atomic mass is 35.5. The first-order chi connectivity index (χ1) is 9.54. The predicted octanol–water partition coefficient (Wildman–Crippen LogP) is 5.22. The maximum Gasteiger partial charge on any atom is 0.0468 e. The van der Waals surface area contributed by atoms with Crippen LogP contribution in [0.1, 0.15) is 22.6 Å². The molecule has 1 aliphatic rings. The Balaban J connectivity index is 2.15. The monoisotopic (exact) mass is 325 g/mol. The number of hydrogen-bond donors (Lipinski definition) is 0. The van der Waals surface area contributed by atoms with Crippen molar-refractivity contribution in [2.75, 3.05) is 13.6 Å². The van der Waals surface area contributed by atoms with Crippen molar-refractivity contribution in [1.29, 1.82) is 0 Å². The third-order valence-corrected chi connectivity index (χ3v) is 4.53. The third-order valence-electron chi connectivity index (χ3n) is 3.74. The summed E-state index contributed by atoms with van der Waals surface area (Å²) in [5.74, 6) is 0.249. The minimum absolute atomic E-state index is 0.249. The molecule has 0 saturated heterocycles. The standard InChI is InChI=1S/C16H14Cl3N/c1-20-8-14(10-3-2-4-11(17)5-10)13-6-12(18)7-16(19)15(13)9-20/h2-7,14H,8-9H2,1H3. The SMILES string of the molecule is CN1Cc2c(Cl)cc(Cl)cc2C(c2cccc(Cl)c2)C1. The van der Waals surface area contributed by atoms with E-state index in [1.54, 1.807) is 0 Å². The molecule has 1 aliphatic heterocycles. The van der Waals surface area contributed by atoms with Crippen LogP contribution in [0.15, 0.2) is 36.4 Å². The maximum absolute atomic E-state index is 6.36. The highest BCUT2D eigenvalue weighted by molar-refractivity contribution is 6.35. The van der Waals surface area contributed by atoms with Crippen LogP contribution in [0.3, 0.4) is 0 Å². The van der Waals surface area contributed by atoms with Crippen molar-refractivity contribution in [3.63, 3.8) is 0 Å². The van der Waals surface area contributed by atoms with Crippen molar-refractivity contribution in [2.24, 2.45) is 0 Å². The van der Waals surface area contributed by atoms with Crippen LogP contribution in [0.2, 0.25) is 15.1 Å². The van der Waals surface area contributed by atoms with Gasteiger partial charge in [0.05, 0.1) is 0 Å². The second-order valence-corrected chi connectivity index (χ2v) is 6.54. The van der Waals surface area contributed by atoms with E-state index in [4.69, 9.17) is 34.8 Å². The molecule has 0 saturated carbocycles. The lowest BCUT2D eigenvalue weighted by Gasteiger charge is -2.33. The van der Waals surface area contributed by atoms with Crippen LogP contribution < -0.4 is 0 Å². The first-order valence-electron chi connectivity index (χ1n) is 6.46. The van der Waals surface area contributed by atoms with Crippen molar-refractivity contribution in [2.45, 2.75) is 12.5 Å². The Bertz CT molecular complexity index is 654. The topological polar surface area (TPSA) is 3.24 Å². The number of hydrogen-bond acceptors (Lipinski definition) is 1. The quantitative estimate of drug-likeness (QED) is 0.694. The zero-order valence-electron chi connectivity index (χ0n) is 11.0. The van der Waals surface area contributed by atoms with Crippen molar-refractivity contribution in [1.82, 2.24) is 4.90 Å². The van der Waals surface area contributed by atoms with Gasteiger partial charge in [0.2, 0.25) is 0 Å². The number of fused-ring (bicyclic) bond motifs is 1. The Morgan fingerprint density at radius 3 is 2.60 bits per heavy atom. The zero-order chi connectivity index (χ0) is 14.3. The van der Waals surface area contributed by atoms with Gasteiger partial charge in [0.25, 0.3) is 0 Å². The Labute approximate surface area is 134 Å². The van der Waals surface area contributed by atoms with Crippen LogP contribution in [0, 0.1) is 0 Å². The van der Waals surface area contributed by atoms with Gasteiger partial charge >= 0.3 is 0 Å². The molecule has 0 amide bonds. The highest BCUT2D eigenvalue weighted by Gasteiger charge is 2.27. The molecule has 0 N–H and O–H groups in total. The molecule has 20 heavy (non-hydrogen) atoms. The average Bonchev–Trinajstić information content (AvgIpc) is 2.39. The minimum Gasteiger partial charge on any atom is -0.301 e. The number of halogens is 3. The predicted molar refractivity (Wildman–Crippen MR) is 86.1 cm³/mol. The number of likely N-dealkylation sites (N-methyl/N-ethyl adjacent to an activating group) is 1. The molecule has 2 aromatic rings. The summed E-state index contributed by atoms with van der Waals surface area (Å²) in [5.41, 5.74) is 3.57. The lowest BCUT2D eigenvalue weighted by Crippen LogP contribution is -2.31. The van der Waals surface area contributed by atoms with Crippen LogP contribution in [-0.4, -0.2) is 18.5 Å². The van der Waals surface area contributed by atoms with Gasteiger partial charge < -0.3 is 4.90 Å². The largest absolute Gasteiger partial charge is 0.301 e. The van der Waals surface area contributed by atoms with Gasteiger partial charge in [0.1, 0.15) is 0 Å². The number of rotatable bonds is 1. The van der Waals surface area contributed by atoms with E-state index in [0.29, 0.717) is 5.02 Å². The molecular weight excluding hydrogens is 313 g/mol. The summed E-state index contributed by atoms with van der Waals surface area (Å²) in [6.45, 7) is 1.78. The first-order valence-corrected chi connectivity index (χ1v) is 7.60. The molecule has 0 aliphatic carbocycles. The molecule has 0 aromatic heterocycles. The summed E-state index contributed by atoms with van der Waals surface area (Å²) in [5, 5.41) is 2.18. The molecule has 1 unspecified atom stereocenters. The van der Waals surface area contributed by atoms with E-state index < -0.39 is 0 Å². The fourth-order valence-corrected chi connectivity index (χ4v) is 3.62. The van der Waals surface area contributed by atoms with Crippen LogP contribution in [-0.2, 0) is 6.54 Å². The zero-order valence-corrected chi connectivity index (χ0v) is 13.3. The molecule has 0 radical (unpaired) electrons. The fourth-order valence-electron chi connectivity index (χ4n) is 2.85. The van der Waals surface area contributed by atoms with E-state index in [9.17, 15) is 0 Å². The normalized spacial score (nSPS) is 18.9. The Morgan fingerprint density at radius 2 is 1.85 bits per heavy atom. The van der Waals surface area contributed by atoms with Crippen molar-refractivity contribution in [3.8, 4) is 0 Å². The Hall–Kier alpha value is -0.730. The summed E-state index contributed by atoms with van der Waals surface area (Å²) in [6, 6.07) is 11.8. The molecule has 1 heterocycles. The van der Waals surface area contributed by atoms with Gasteiger partial charge in [-0.2, -0.15) is 0 Å². The number of benzene rings is 2. The van der Waals surface area contributed by atoms with Gasteiger partial charge in [-0.25, -0.2) is 0 Å². The average molecular weight is 327 g/mol. The molecule has 0 fully saturated rings. The van der Waals surface area contributed by atoms with Gasteiger partial charge in [-0.1, -0.05) is 46.9 Å². The maximum atomic E-state index is 6.36. The van der Waals surface area contributed by atoms with Crippen LogP contribution >= 0.6 is 34.8 Å². The summed E-state index contributed by atoms with van der Waals surface area (Å²) in [7, 11) is 2.10. The van der Waals surface area contributed by atoms with Gasteiger partial charge in [-0.15, -0.1) is 0 Å². The minimum atomic E-state index is 0.249. The summed E-state index contributed by atoms with van der Waals surface area (Å²) < 4.78 is 0. The molecule has 2 aromatic carbocycles. The smallest absolute Gasteiger partial charge is 0.0468 e. The van der Waals surface area contributed by atoms with Crippen LogP contribution in [0.5, 0.6) is 0 Å². The third kappa shape index (κ3) is 2.68. The second-order valence-electron chi connectivity index (χ2n) is 5.26. The van der Waals surface area contributed by atoms with Gasteiger partial charge in [0.15, 0.2) is 0 Å². The lowest BCUT2D eigenvalue weighted by molar-refractivity contribution is 0.295. The molecular formula is C16H14Cl3N. The van der Waals surface area contributed by atoms with Crippen molar-refractivity contribution < 1.29 is 0 Å². The Kier molecular flexibility index (Phi) is 3.96. The molecule has 0 spiro atoms. The van der Waals surface area contributed by atoms with Gasteiger partial charge in [-0.3, -0.25) is 0 Å². The molecule has 104 valence electrons. The van der Waals surface area contributed by atoms with E-state index in [0.717, 1.165) is 28.7 Å². The number of nitrogens with zero attached hydrogens (tertiary/aromatic N) is 1. The van der Waals surface area contributed by atoms with E-state index in [1.807, 2.05) is 30.3 Å². The van der Waals surface area contributed by atoms with E-state index in [2.05, 4.69) is 18.0 Å². The van der Waals surface area contributed by atoms with Gasteiger partial charge in [0, 0.05) is 34.1 Å². The summed E-state index contributed by atoms with van der Waals surface area (Å²) >= 11 is 18.7. The molecule has 3 rings (SSSR count). The van der Waals surface area contributed by atoms with Crippen molar-refractivity contribution in [3.05, 3.63) is 68.2 Å².